The van der Waals surface area contributed by atoms with Gasteiger partial charge in [-0.25, -0.2) is 0 Å². The van der Waals surface area contributed by atoms with Crippen molar-refractivity contribution in [1.82, 2.24) is 10.2 Å². The molecule has 1 heterocycles. The summed E-state index contributed by atoms with van der Waals surface area (Å²) in [7, 11) is 1.48. The van der Waals surface area contributed by atoms with Crippen LogP contribution in [0.3, 0.4) is 0 Å². The predicted molar refractivity (Wildman–Crippen MR) is 93.0 cm³/mol. The van der Waals surface area contributed by atoms with E-state index in [0.29, 0.717) is 22.2 Å². The maximum atomic E-state index is 12.4. The Labute approximate surface area is 145 Å². The summed E-state index contributed by atoms with van der Waals surface area (Å²) in [5, 5.41) is 19.4. The van der Waals surface area contributed by atoms with Gasteiger partial charge in [-0.15, -0.1) is 0 Å². The number of hydrogen-bond donors (Lipinski definition) is 2. The predicted octanol–water partition coefficient (Wildman–Crippen LogP) is 3.54. The first kappa shape index (κ1) is 17.6. The number of carbonyl (C=O) groups excluding carboxylic acids is 1. The van der Waals surface area contributed by atoms with E-state index in [-0.39, 0.29) is 5.57 Å². The van der Waals surface area contributed by atoms with Crippen molar-refractivity contribution in [2.24, 2.45) is 0 Å². The molecule has 2 aromatic rings. The Balaban J connectivity index is 2.35. The summed E-state index contributed by atoms with van der Waals surface area (Å²) in [5.74, 6) is -0.107. The number of aromatic nitrogens is 2. The molecule has 0 radical (unpaired) electrons. The van der Waals surface area contributed by atoms with Crippen LogP contribution in [0.15, 0.2) is 17.7 Å². The largest absolute Gasteiger partial charge is 0.495 e. The second-order valence-electron chi connectivity index (χ2n) is 5.27. The number of halogens is 1. The number of benzene rings is 1. The lowest BCUT2D eigenvalue weighted by Gasteiger charge is -2.12. The van der Waals surface area contributed by atoms with Gasteiger partial charge < -0.3 is 10.1 Å². The first-order chi connectivity index (χ1) is 11.4. The highest BCUT2D eigenvalue weighted by Crippen LogP contribution is 2.31. The van der Waals surface area contributed by atoms with E-state index in [4.69, 9.17) is 16.3 Å². The molecule has 1 aromatic carbocycles. The van der Waals surface area contributed by atoms with Crippen molar-refractivity contribution in [3.63, 3.8) is 0 Å². The molecule has 1 aromatic heterocycles. The molecule has 2 rings (SSSR count). The standard InChI is InChI=1S/C17H17ClN4O2/c1-9-5-15(16(24-4)7-14(9)18)20-17(23)12(8-19)6-13-10(2)21-22-11(13)3/h5-7H,1-4H3,(H,20,23)(H,21,22)/b12-6+. The van der Waals surface area contributed by atoms with Gasteiger partial charge in [0.1, 0.15) is 17.4 Å². The highest BCUT2D eigenvalue weighted by Gasteiger charge is 2.15. The topological polar surface area (TPSA) is 90.8 Å². The quantitative estimate of drug-likeness (QED) is 0.655. The molecule has 0 aliphatic heterocycles. The Kier molecular flexibility index (Phi) is 5.27. The van der Waals surface area contributed by atoms with Gasteiger partial charge in [0.2, 0.25) is 0 Å². The van der Waals surface area contributed by atoms with Crippen LogP contribution in [0.5, 0.6) is 5.75 Å². The van der Waals surface area contributed by atoms with Gasteiger partial charge in [-0.05, 0) is 38.5 Å². The minimum atomic E-state index is -0.530. The van der Waals surface area contributed by atoms with E-state index in [2.05, 4.69) is 15.5 Å². The number of hydrogen-bond acceptors (Lipinski definition) is 4. The summed E-state index contributed by atoms with van der Waals surface area (Å²) in [6, 6.07) is 5.23. The van der Waals surface area contributed by atoms with Crippen molar-refractivity contribution >= 4 is 29.3 Å². The third-order valence-electron chi connectivity index (χ3n) is 3.57. The molecule has 0 saturated heterocycles. The van der Waals surface area contributed by atoms with E-state index in [9.17, 15) is 10.1 Å². The molecular weight excluding hydrogens is 328 g/mol. The number of nitrogens with zero attached hydrogens (tertiary/aromatic N) is 2. The fourth-order valence-corrected chi connectivity index (χ4v) is 2.34. The van der Waals surface area contributed by atoms with Crippen molar-refractivity contribution in [2.45, 2.75) is 20.8 Å². The highest BCUT2D eigenvalue weighted by molar-refractivity contribution is 6.31. The summed E-state index contributed by atoms with van der Waals surface area (Å²) in [6.45, 7) is 5.44. The minimum Gasteiger partial charge on any atom is -0.495 e. The van der Waals surface area contributed by atoms with E-state index in [0.717, 1.165) is 16.8 Å². The van der Waals surface area contributed by atoms with Gasteiger partial charge in [0.15, 0.2) is 0 Å². The number of rotatable bonds is 4. The van der Waals surface area contributed by atoms with Gasteiger partial charge >= 0.3 is 0 Å². The fraction of sp³-hybridized carbons (Fsp3) is 0.235. The molecule has 7 heteroatoms. The molecule has 0 bridgehead atoms. The van der Waals surface area contributed by atoms with Gasteiger partial charge in [0.25, 0.3) is 5.91 Å². The van der Waals surface area contributed by atoms with E-state index < -0.39 is 5.91 Å². The van der Waals surface area contributed by atoms with Gasteiger partial charge in [0.05, 0.1) is 18.5 Å². The monoisotopic (exact) mass is 344 g/mol. The van der Waals surface area contributed by atoms with E-state index in [1.165, 1.54) is 13.2 Å². The number of H-pyrrole nitrogens is 1. The van der Waals surface area contributed by atoms with E-state index >= 15 is 0 Å². The van der Waals surface area contributed by atoms with Crippen LogP contribution < -0.4 is 10.1 Å². The molecule has 24 heavy (non-hydrogen) atoms. The van der Waals surface area contributed by atoms with Crippen molar-refractivity contribution in [1.29, 1.82) is 5.26 Å². The van der Waals surface area contributed by atoms with Crippen LogP contribution in [0.25, 0.3) is 6.08 Å². The van der Waals surface area contributed by atoms with Crippen LogP contribution in [-0.4, -0.2) is 23.2 Å². The molecule has 0 aliphatic carbocycles. The summed E-state index contributed by atoms with van der Waals surface area (Å²) in [6.07, 6.45) is 1.51. The van der Waals surface area contributed by atoms with Crippen LogP contribution in [0.1, 0.15) is 22.5 Å². The van der Waals surface area contributed by atoms with Crippen LogP contribution in [0.4, 0.5) is 5.69 Å². The van der Waals surface area contributed by atoms with Gasteiger partial charge in [-0.2, -0.15) is 10.4 Å². The van der Waals surface area contributed by atoms with Crippen LogP contribution in [0.2, 0.25) is 5.02 Å². The van der Waals surface area contributed by atoms with Crippen molar-refractivity contribution in [3.05, 3.63) is 45.2 Å². The Morgan fingerprint density at radius 3 is 2.67 bits per heavy atom. The zero-order valence-corrected chi connectivity index (χ0v) is 14.6. The average Bonchev–Trinajstić information content (AvgIpc) is 2.86. The van der Waals surface area contributed by atoms with Crippen LogP contribution >= 0.6 is 11.6 Å². The molecule has 0 fully saturated rings. The number of nitriles is 1. The molecule has 0 unspecified atom stereocenters. The lowest BCUT2D eigenvalue weighted by Crippen LogP contribution is -2.14. The zero-order valence-electron chi connectivity index (χ0n) is 13.8. The molecular formula is C17H17ClN4O2. The number of amides is 1. The fourth-order valence-electron chi connectivity index (χ4n) is 2.18. The molecule has 0 aliphatic rings. The highest BCUT2D eigenvalue weighted by atomic mass is 35.5. The molecule has 124 valence electrons. The molecule has 6 nitrogen and oxygen atoms in total. The molecule has 0 saturated carbocycles. The van der Waals surface area contributed by atoms with Crippen molar-refractivity contribution < 1.29 is 9.53 Å². The Morgan fingerprint density at radius 1 is 1.42 bits per heavy atom. The minimum absolute atomic E-state index is 0.0303. The summed E-state index contributed by atoms with van der Waals surface area (Å²) in [5.41, 5.74) is 3.43. The van der Waals surface area contributed by atoms with Crippen molar-refractivity contribution in [2.75, 3.05) is 12.4 Å². The maximum Gasteiger partial charge on any atom is 0.266 e. The second kappa shape index (κ2) is 7.20. The van der Waals surface area contributed by atoms with E-state index in [1.54, 1.807) is 19.1 Å². The molecule has 1 amide bonds. The number of carbonyl (C=O) groups is 1. The SMILES string of the molecule is COc1cc(Cl)c(C)cc1NC(=O)/C(C#N)=C/c1c(C)n[nH]c1C. The second-order valence-corrected chi connectivity index (χ2v) is 5.68. The van der Waals surface area contributed by atoms with E-state index in [1.807, 2.05) is 19.9 Å². The zero-order chi connectivity index (χ0) is 17.9. The summed E-state index contributed by atoms with van der Waals surface area (Å²) < 4.78 is 5.22. The van der Waals surface area contributed by atoms with Crippen LogP contribution in [-0.2, 0) is 4.79 Å². The third-order valence-corrected chi connectivity index (χ3v) is 3.98. The average molecular weight is 345 g/mol. The maximum absolute atomic E-state index is 12.4. The smallest absolute Gasteiger partial charge is 0.266 e. The Hall–Kier alpha value is -2.78. The van der Waals surface area contributed by atoms with Gasteiger partial charge in [-0.3, -0.25) is 9.89 Å². The number of methoxy groups -OCH3 is 1. The number of ether oxygens (including phenoxy) is 1. The lowest BCUT2D eigenvalue weighted by molar-refractivity contribution is -0.112. The number of nitrogens with one attached hydrogen (secondary N) is 2. The Morgan fingerprint density at radius 2 is 2.12 bits per heavy atom. The summed E-state index contributed by atoms with van der Waals surface area (Å²) in [4.78, 5) is 12.4. The Bertz CT molecular complexity index is 843. The molecule has 0 atom stereocenters. The molecule has 2 N–H and O–H groups in total. The van der Waals surface area contributed by atoms with Gasteiger partial charge in [0, 0.05) is 22.3 Å². The first-order valence-electron chi connectivity index (χ1n) is 7.16. The number of anilines is 1. The van der Waals surface area contributed by atoms with Crippen LogP contribution in [0, 0.1) is 32.1 Å². The number of aryl methyl sites for hydroxylation is 3. The summed E-state index contributed by atoms with van der Waals surface area (Å²) >= 11 is 6.05. The van der Waals surface area contributed by atoms with Gasteiger partial charge in [-0.1, -0.05) is 11.6 Å². The van der Waals surface area contributed by atoms with Crippen molar-refractivity contribution in [3.8, 4) is 11.8 Å². The lowest BCUT2D eigenvalue weighted by atomic mass is 10.1. The normalized spacial score (nSPS) is 11.1. The molecule has 0 spiro atoms. The third kappa shape index (κ3) is 3.58. The first-order valence-corrected chi connectivity index (χ1v) is 7.54. The number of aromatic amines is 1.